The molecule has 0 spiro atoms. The van der Waals surface area contributed by atoms with Crippen molar-refractivity contribution >= 4 is 40.1 Å². The van der Waals surface area contributed by atoms with Crippen LogP contribution in [0.5, 0.6) is 5.75 Å². The molecule has 0 bridgehead atoms. The van der Waals surface area contributed by atoms with Crippen LogP contribution >= 0.6 is 23.2 Å². The maximum absolute atomic E-state index is 13.1. The van der Waals surface area contributed by atoms with Gasteiger partial charge in [0, 0.05) is 5.02 Å². The second-order valence-corrected chi connectivity index (χ2v) is 6.93. The van der Waals surface area contributed by atoms with E-state index in [9.17, 15) is 14.0 Å². The number of fused-ring (bicyclic) bond motifs is 1. The van der Waals surface area contributed by atoms with Crippen LogP contribution in [-0.2, 0) is 4.79 Å². The number of rotatable bonds is 5. The molecule has 0 aliphatic heterocycles. The minimum absolute atomic E-state index is 0.170. The van der Waals surface area contributed by atoms with Gasteiger partial charge in [-0.15, -0.1) is 0 Å². The van der Waals surface area contributed by atoms with E-state index in [1.54, 1.807) is 6.07 Å². The zero-order chi connectivity index (χ0) is 21.3. The molecular formula is C19H12Cl2FN5O3. The van der Waals surface area contributed by atoms with Crippen molar-refractivity contribution in [3.8, 4) is 11.4 Å². The molecule has 8 nitrogen and oxygen atoms in total. The van der Waals surface area contributed by atoms with Gasteiger partial charge in [0.1, 0.15) is 23.3 Å². The summed E-state index contributed by atoms with van der Waals surface area (Å²) in [5.74, 6) is -0.719. The third-order valence-corrected chi connectivity index (χ3v) is 4.59. The summed E-state index contributed by atoms with van der Waals surface area (Å²) in [5.41, 5.74) is 2.65. The first kappa shape index (κ1) is 19.9. The highest BCUT2D eigenvalue weighted by Gasteiger charge is 2.13. The standard InChI is InChI=1S/C19H12Cl2FN5O3/c20-11-1-6-16(15(21)7-11)30-9-17(28)25-26-10-23-18-14(19(26)29)8-24-27(18)13-4-2-12(22)3-5-13/h1-8,10H,9H2,(H,25,28). The van der Waals surface area contributed by atoms with E-state index in [0.717, 1.165) is 11.0 Å². The van der Waals surface area contributed by atoms with Crippen molar-refractivity contribution in [2.45, 2.75) is 0 Å². The molecule has 0 saturated carbocycles. The maximum atomic E-state index is 13.1. The van der Waals surface area contributed by atoms with Gasteiger partial charge < -0.3 is 4.74 Å². The van der Waals surface area contributed by atoms with E-state index in [1.807, 2.05) is 0 Å². The Morgan fingerprint density at radius 2 is 1.93 bits per heavy atom. The number of nitrogens with one attached hydrogen (secondary N) is 1. The third kappa shape index (κ3) is 3.98. The summed E-state index contributed by atoms with van der Waals surface area (Å²) >= 11 is 11.8. The Morgan fingerprint density at radius 1 is 1.17 bits per heavy atom. The molecule has 0 radical (unpaired) electrons. The topological polar surface area (TPSA) is 91.0 Å². The lowest BCUT2D eigenvalue weighted by atomic mass is 10.3. The minimum atomic E-state index is -0.602. The molecule has 152 valence electrons. The van der Waals surface area contributed by atoms with Crippen molar-refractivity contribution in [1.29, 1.82) is 0 Å². The Kier molecular flexibility index (Phi) is 5.39. The summed E-state index contributed by atoms with van der Waals surface area (Å²) in [6.45, 7) is -0.388. The largest absolute Gasteiger partial charge is 0.482 e. The van der Waals surface area contributed by atoms with Crippen LogP contribution in [-0.4, -0.2) is 32.0 Å². The SMILES string of the molecule is O=C(COc1ccc(Cl)cc1Cl)Nn1cnc2c(cnn2-c2ccc(F)cc2)c1=O. The molecule has 4 rings (SSSR count). The van der Waals surface area contributed by atoms with Gasteiger partial charge >= 0.3 is 0 Å². The smallest absolute Gasteiger partial charge is 0.283 e. The van der Waals surface area contributed by atoms with Crippen molar-refractivity contribution in [1.82, 2.24) is 19.4 Å². The first-order chi connectivity index (χ1) is 14.4. The third-order valence-electron chi connectivity index (χ3n) is 4.06. The van der Waals surface area contributed by atoms with Gasteiger partial charge in [0.25, 0.3) is 11.5 Å². The van der Waals surface area contributed by atoms with Gasteiger partial charge in [0.15, 0.2) is 12.3 Å². The summed E-state index contributed by atoms with van der Waals surface area (Å²) < 4.78 is 20.8. The predicted octanol–water partition coefficient (Wildman–Crippen LogP) is 3.18. The number of amides is 1. The second-order valence-electron chi connectivity index (χ2n) is 6.09. The fourth-order valence-corrected chi connectivity index (χ4v) is 3.13. The molecule has 1 N–H and O–H groups in total. The first-order valence-corrected chi connectivity index (χ1v) is 9.27. The average Bonchev–Trinajstić information content (AvgIpc) is 3.15. The molecule has 30 heavy (non-hydrogen) atoms. The van der Waals surface area contributed by atoms with Gasteiger partial charge in [-0.2, -0.15) is 5.10 Å². The first-order valence-electron chi connectivity index (χ1n) is 8.51. The summed E-state index contributed by atoms with van der Waals surface area (Å²) in [6, 6.07) is 10.2. The van der Waals surface area contributed by atoms with Crippen LogP contribution in [0.25, 0.3) is 16.7 Å². The predicted molar refractivity (Wildman–Crippen MR) is 109 cm³/mol. The van der Waals surface area contributed by atoms with Crippen LogP contribution in [0.4, 0.5) is 4.39 Å². The highest BCUT2D eigenvalue weighted by molar-refractivity contribution is 6.35. The van der Waals surface area contributed by atoms with E-state index in [4.69, 9.17) is 27.9 Å². The number of halogens is 3. The molecular weight excluding hydrogens is 436 g/mol. The zero-order valence-electron chi connectivity index (χ0n) is 15.1. The normalized spacial score (nSPS) is 10.9. The molecule has 0 fully saturated rings. The number of nitrogens with zero attached hydrogens (tertiary/aromatic N) is 4. The number of hydrogen-bond donors (Lipinski definition) is 1. The Morgan fingerprint density at radius 3 is 2.67 bits per heavy atom. The maximum Gasteiger partial charge on any atom is 0.283 e. The molecule has 11 heteroatoms. The molecule has 0 aliphatic rings. The molecule has 0 unspecified atom stereocenters. The average molecular weight is 448 g/mol. The number of carbonyl (C=O) groups is 1. The van der Waals surface area contributed by atoms with Crippen molar-refractivity contribution in [2.75, 3.05) is 12.0 Å². The Bertz CT molecular complexity index is 1300. The number of aromatic nitrogens is 4. The van der Waals surface area contributed by atoms with E-state index in [0.29, 0.717) is 10.7 Å². The van der Waals surface area contributed by atoms with E-state index >= 15 is 0 Å². The lowest BCUT2D eigenvalue weighted by molar-refractivity contribution is -0.119. The van der Waals surface area contributed by atoms with E-state index < -0.39 is 17.3 Å². The summed E-state index contributed by atoms with van der Waals surface area (Å²) in [7, 11) is 0. The van der Waals surface area contributed by atoms with Crippen LogP contribution in [0.3, 0.4) is 0 Å². The highest BCUT2D eigenvalue weighted by atomic mass is 35.5. The Hall–Kier alpha value is -3.43. The van der Waals surface area contributed by atoms with Crippen molar-refractivity contribution in [2.24, 2.45) is 0 Å². The minimum Gasteiger partial charge on any atom is -0.482 e. The fourth-order valence-electron chi connectivity index (χ4n) is 2.66. The second kappa shape index (κ2) is 8.13. The quantitative estimate of drug-likeness (QED) is 0.507. The van der Waals surface area contributed by atoms with Gasteiger partial charge in [0.2, 0.25) is 0 Å². The zero-order valence-corrected chi connectivity index (χ0v) is 16.6. The van der Waals surface area contributed by atoms with Crippen LogP contribution in [0, 0.1) is 5.82 Å². The van der Waals surface area contributed by atoms with Crippen LogP contribution in [0.1, 0.15) is 0 Å². The Balaban J connectivity index is 1.52. The lowest BCUT2D eigenvalue weighted by Crippen LogP contribution is -2.35. The molecule has 2 heterocycles. The van der Waals surface area contributed by atoms with Crippen LogP contribution < -0.4 is 15.7 Å². The molecule has 0 aliphatic carbocycles. The van der Waals surface area contributed by atoms with E-state index in [1.165, 1.54) is 47.3 Å². The molecule has 4 aromatic rings. The van der Waals surface area contributed by atoms with Gasteiger partial charge in [-0.1, -0.05) is 23.2 Å². The summed E-state index contributed by atoms with van der Waals surface area (Å²) in [6.07, 6.45) is 2.47. The fraction of sp³-hybridized carbons (Fsp3) is 0.0526. The van der Waals surface area contributed by atoms with Crippen molar-refractivity contribution < 1.29 is 13.9 Å². The lowest BCUT2D eigenvalue weighted by Gasteiger charge is -2.10. The highest BCUT2D eigenvalue weighted by Crippen LogP contribution is 2.27. The Labute approximate surface area is 178 Å². The number of benzene rings is 2. The van der Waals surface area contributed by atoms with Gasteiger partial charge in [-0.05, 0) is 42.5 Å². The molecule has 0 saturated heterocycles. The van der Waals surface area contributed by atoms with Crippen molar-refractivity contribution in [3.63, 3.8) is 0 Å². The van der Waals surface area contributed by atoms with Crippen LogP contribution in [0.15, 0.2) is 59.8 Å². The summed E-state index contributed by atoms with van der Waals surface area (Å²) in [5, 5.41) is 4.98. The molecule has 2 aromatic carbocycles. The number of ether oxygens (including phenoxy) is 1. The van der Waals surface area contributed by atoms with E-state index in [-0.39, 0.29) is 28.4 Å². The summed E-state index contributed by atoms with van der Waals surface area (Å²) in [4.78, 5) is 29.0. The molecule has 0 atom stereocenters. The monoisotopic (exact) mass is 447 g/mol. The van der Waals surface area contributed by atoms with Gasteiger partial charge in [-0.25, -0.2) is 18.7 Å². The molecule has 1 amide bonds. The molecule has 2 aromatic heterocycles. The number of hydrogen-bond acceptors (Lipinski definition) is 5. The van der Waals surface area contributed by atoms with Gasteiger partial charge in [-0.3, -0.25) is 15.0 Å². The van der Waals surface area contributed by atoms with Crippen molar-refractivity contribution in [3.05, 3.63) is 81.2 Å². The number of carbonyl (C=O) groups excluding carboxylic acids is 1. The van der Waals surface area contributed by atoms with Crippen LogP contribution in [0.2, 0.25) is 10.0 Å². The van der Waals surface area contributed by atoms with Gasteiger partial charge in [0.05, 0.1) is 16.9 Å². The van der Waals surface area contributed by atoms with E-state index in [2.05, 4.69) is 15.5 Å².